The van der Waals surface area contributed by atoms with Crippen molar-refractivity contribution < 1.29 is 14.7 Å². The molecule has 2 aromatic rings. The third-order valence-corrected chi connectivity index (χ3v) is 6.36. The van der Waals surface area contributed by atoms with E-state index in [4.69, 9.17) is 12.2 Å². The smallest absolute Gasteiger partial charge is 0.335 e. The number of hydrogen-bond donors (Lipinski definition) is 1. The molecule has 2 aliphatic rings. The van der Waals surface area contributed by atoms with Gasteiger partial charge in [0.15, 0.2) is 4.32 Å². The zero-order chi connectivity index (χ0) is 20.4. The Morgan fingerprint density at radius 2 is 1.76 bits per heavy atom. The van der Waals surface area contributed by atoms with Crippen LogP contribution in [0.1, 0.15) is 35.2 Å². The van der Waals surface area contributed by atoms with Crippen LogP contribution in [0.3, 0.4) is 0 Å². The van der Waals surface area contributed by atoms with E-state index in [1.807, 2.05) is 18.2 Å². The summed E-state index contributed by atoms with van der Waals surface area (Å²) >= 11 is 6.61. The van der Waals surface area contributed by atoms with Crippen molar-refractivity contribution in [1.29, 1.82) is 0 Å². The number of piperidine rings is 1. The average molecular weight is 425 g/mol. The fourth-order valence-corrected chi connectivity index (χ4v) is 4.85. The lowest BCUT2D eigenvalue weighted by Crippen LogP contribution is -2.29. The number of hydrogen-bond acceptors (Lipinski definition) is 5. The van der Waals surface area contributed by atoms with Crippen LogP contribution < -0.4 is 9.80 Å². The molecule has 2 heterocycles. The van der Waals surface area contributed by atoms with E-state index in [-0.39, 0.29) is 11.5 Å². The second-order valence-corrected chi connectivity index (χ2v) is 8.69. The Bertz CT molecular complexity index is 995. The molecule has 0 aromatic heterocycles. The lowest BCUT2D eigenvalue weighted by molar-refractivity contribution is -0.113. The lowest BCUT2D eigenvalue weighted by atomic mass is 10.1. The zero-order valence-corrected chi connectivity index (χ0v) is 17.3. The summed E-state index contributed by atoms with van der Waals surface area (Å²) in [5.74, 6) is -1.27. The molecule has 0 spiro atoms. The van der Waals surface area contributed by atoms with Gasteiger partial charge >= 0.3 is 5.97 Å². The highest BCUT2D eigenvalue weighted by molar-refractivity contribution is 8.27. The van der Waals surface area contributed by atoms with E-state index < -0.39 is 5.97 Å². The molecular formula is C22H20N2O3S2. The maximum Gasteiger partial charge on any atom is 0.335 e. The Morgan fingerprint density at radius 3 is 2.45 bits per heavy atom. The minimum atomic E-state index is -1.04. The highest BCUT2D eigenvalue weighted by Crippen LogP contribution is 2.36. The molecule has 29 heavy (non-hydrogen) atoms. The molecule has 2 saturated heterocycles. The number of anilines is 2. The average Bonchev–Trinajstić information content (AvgIpc) is 3.02. The van der Waals surface area contributed by atoms with Gasteiger partial charge in [-0.3, -0.25) is 9.69 Å². The molecule has 0 atom stereocenters. The molecule has 0 bridgehead atoms. The van der Waals surface area contributed by atoms with Gasteiger partial charge in [0.25, 0.3) is 5.91 Å². The number of carboxylic acids is 1. The van der Waals surface area contributed by atoms with Crippen LogP contribution in [0.4, 0.5) is 11.4 Å². The molecule has 1 N–H and O–H groups in total. The van der Waals surface area contributed by atoms with Crippen LogP contribution in [0.5, 0.6) is 0 Å². The summed E-state index contributed by atoms with van der Waals surface area (Å²) in [6, 6.07) is 14.5. The maximum absolute atomic E-state index is 12.9. The number of rotatable bonds is 4. The van der Waals surface area contributed by atoms with E-state index in [1.165, 1.54) is 53.7 Å². The summed E-state index contributed by atoms with van der Waals surface area (Å²) in [6.07, 6.45) is 5.59. The number of carbonyl (C=O) groups is 2. The van der Waals surface area contributed by atoms with Crippen LogP contribution in [-0.2, 0) is 4.79 Å². The van der Waals surface area contributed by atoms with Crippen molar-refractivity contribution in [3.05, 3.63) is 64.6 Å². The van der Waals surface area contributed by atoms with E-state index in [1.54, 1.807) is 12.1 Å². The van der Waals surface area contributed by atoms with Gasteiger partial charge < -0.3 is 10.0 Å². The van der Waals surface area contributed by atoms with Gasteiger partial charge in [0, 0.05) is 18.8 Å². The van der Waals surface area contributed by atoms with Crippen LogP contribution in [0, 0.1) is 0 Å². The third-order valence-electron chi connectivity index (χ3n) is 5.06. The van der Waals surface area contributed by atoms with Gasteiger partial charge in [0.1, 0.15) is 0 Å². The summed E-state index contributed by atoms with van der Waals surface area (Å²) in [4.78, 5) is 28.4. The van der Waals surface area contributed by atoms with Crippen molar-refractivity contribution in [3.8, 4) is 0 Å². The number of thioether (sulfide) groups is 1. The van der Waals surface area contributed by atoms with Gasteiger partial charge in [-0.15, -0.1) is 0 Å². The first-order valence-corrected chi connectivity index (χ1v) is 10.7. The first kappa shape index (κ1) is 19.7. The predicted molar refractivity (Wildman–Crippen MR) is 122 cm³/mol. The quantitative estimate of drug-likeness (QED) is 0.563. The second-order valence-electron chi connectivity index (χ2n) is 7.01. The minimum absolute atomic E-state index is 0.119. The number of carbonyl (C=O) groups excluding carboxylic acids is 1. The molecule has 2 aliphatic heterocycles. The van der Waals surface area contributed by atoms with E-state index in [2.05, 4.69) is 17.0 Å². The molecule has 1 amide bonds. The van der Waals surface area contributed by atoms with E-state index in [9.17, 15) is 14.7 Å². The number of amides is 1. The topological polar surface area (TPSA) is 60.9 Å². The number of carboxylic acid groups (broad SMARTS) is 1. The van der Waals surface area contributed by atoms with Crippen LogP contribution in [0.15, 0.2) is 53.4 Å². The van der Waals surface area contributed by atoms with Crippen molar-refractivity contribution in [3.63, 3.8) is 0 Å². The van der Waals surface area contributed by atoms with Gasteiger partial charge in [-0.2, -0.15) is 0 Å². The Morgan fingerprint density at radius 1 is 1.03 bits per heavy atom. The normalized spacial score (nSPS) is 18.6. The standard InChI is InChI=1S/C22H20N2O3S2/c25-20-19(13-15-7-9-17(10-8-15)23-11-2-1-3-12-23)29-22(28)24(20)18-6-4-5-16(14-18)21(26)27/h4-10,13-14H,1-3,11-12H2,(H,26,27)/b19-13+. The molecule has 2 aromatic carbocycles. The van der Waals surface area contributed by atoms with Crippen LogP contribution in [-0.4, -0.2) is 34.4 Å². The third kappa shape index (κ3) is 4.21. The molecule has 5 nitrogen and oxygen atoms in total. The molecule has 0 saturated carbocycles. The first-order chi connectivity index (χ1) is 14.0. The van der Waals surface area contributed by atoms with E-state index >= 15 is 0 Å². The van der Waals surface area contributed by atoms with Crippen molar-refractivity contribution in [2.75, 3.05) is 22.9 Å². The largest absolute Gasteiger partial charge is 0.478 e. The van der Waals surface area contributed by atoms with E-state index in [0.717, 1.165) is 18.7 Å². The van der Waals surface area contributed by atoms with Crippen LogP contribution in [0.25, 0.3) is 6.08 Å². The van der Waals surface area contributed by atoms with Crippen molar-refractivity contribution in [2.24, 2.45) is 0 Å². The van der Waals surface area contributed by atoms with Crippen molar-refractivity contribution >= 4 is 57.6 Å². The summed E-state index contributed by atoms with van der Waals surface area (Å²) in [7, 11) is 0. The maximum atomic E-state index is 12.9. The van der Waals surface area contributed by atoms with Crippen LogP contribution >= 0.6 is 24.0 Å². The Balaban J connectivity index is 1.54. The molecule has 0 aliphatic carbocycles. The summed E-state index contributed by atoms with van der Waals surface area (Å²) in [6.45, 7) is 2.18. The lowest BCUT2D eigenvalue weighted by Gasteiger charge is -2.28. The fraction of sp³-hybridized carbons (Fsp3) is 0.227. The fourth-order valence-electron chi connectivity index (χ4n) is 3.55. The van der Waals surface area contributed by atoms with Gasteiger partial charge in [-0.05, 0) is 61.2 Å². The minimum Gasteiger partial charge on any atom is -0.478 e. The molecular weight excluding hydrogens is 404 g/mol. The molecule has 148 valence electrons. The molecule has 7 heteroatoms. The summed E-state index contributed by atoms with van der Waals surface area (Å²) in [5.41, 5.74) is 2.73. The van der Waals surface area contributed by atoms with Crippen LogP contribution in [0.2, 0.25) is 0 Å². The van der Waals surface area contributed by atoms with Crippen molar-refractivity contribution in [2.45, 2.75) is 19.3 Å². The molecule has 0 radical (unpaired) electrons. The number of benzene rings is 2. The SMILES string of the molecule is O=C(O)c1cccc(N2C(=O)/C(=C\c3ccc(N4CCCCC4)cc3)SC2=S)c1. The van der Waals surface area contributed by atoms with Crippen molar-refractivity contribution in [1.82, 2.24) is 0 Å². The van der Waals surface area contributed by atoms with E-state index in [0.29, 0.717) is 14.9 Å². The number of nitrogens with zero attached hydrogens (tertiary/aromatic N) is 2. The van der Waals surface area contributed by atoms with Gasteiger partial charge in [-0.1, -0.05) is 42.2 Å². The Kier molecular flexibility index (Phi) is 5.69. The van der Waals surface area contributed by atoms with Gasteiger partial charge in [0.05, 0.1) is 16.2 Å². The molecule has 4 rings (SSSR count). The summed E-state index contributed by atoms with van der Waals surface area (Å²) < 4.78 is 0.397. The van der Waals surface area contributed by atoms with Gasteiger partial charge in [-0.25, -0.2) is 4.79 Å². The Hall–Kier alpha value is -2.64. The highest BCUT2D eigenvalue weighted by atomic mass is 32.2. The first-order valence-electron chi connectivity index (χ1n) is 9.49. The van der Waals surface area contributed by atoms with Gasteiger partial charge in [0.2, 0.25) is 0 Å². The highest BCUT2D eigenvalue weighted by Gasteiger charge is 2.33. The predicted octanol–water partition coefficient (Wildman–Crippen LogP) is 4.78. The number of thiocarbonyl (C=S) groups is 1. The molecule has 2 fully saturated rings. The molecule has 0 unspecified atom stereocenters. The zero-order valence-electron chi connectivity index (χ0n) is 15.7. The number of aromatic carboxylic acids is 1. The Labute approximate surface area is 179 Å². The monoisotopic (exact) mass is 424 g/mol. The second kappa shape index (κ2) is 8.39. The summed E-state index contributed by atoms with van der Waals surface area (Å²) in [5, 5.41) is 9.19.